The smallest absolute Gasteiger partial charge is 0.272 e. The summed E-state index contributed by atoms with van der Waals surface area (Å²) in [6, 6.07) is 14.9. The number of carbonyl (C=O) groups is 2. The first kappa shape index (κ1) is 21.5. The highest BCUT2D eigenvalue weighted by atomic mass is 16.5. The van der Waals surface area contributed by atoms with Crippen molar-refractivity contribution in [1.82, 2.24) is 14.9 Å². The summed E-state index contributed by atoms with van der Waals surface area (Å²) >= 11 is 0. The molecule has 0 radical (unpaired) electrons. The third kappa shape index (κ3) is 4.46. The molecule has 2 N–H and O–H groups in total. The largest absolute Gasteiger partial charge is 0.457 e. The molecule has 164 valence electrons. The molecular formula is C25H26N4O3. The number of benzene rings is 2. The SMILES string of the molecule is CC(C)c1ccccc1Oc1ccc(C2CCN(C(=O)c3ccncn3)C2)c(C(N)=O)c1. The lowest BCUT2D eigenvalue weighted by atomic mass is 9.93. The van der Waals surface area contributed by atoms with Crippen molar-refractivity contribution in [1.29, 1.82) is 0 Å². The van der Waals surface area contributed by atoms with Gasteiger partial charge in [0, 0.05) is 30.8 Å². The number of amides is 2. The summed E-state index contributed by atoms with van der Waals surface area (Å²) in [7, 11) is 0. The van der Waals surface area contributed by atoms with Crippen LogP contribution in [-0.4, -0.2) is 39.8 Å². The molecule has 7 heteroatoms. The van der Waals surface area contributed by atoms with Crippen molar-refractivity contribution in [3.8, 4) is 11.5 Å². The Morgan fingerprint density at radius 1 is 1.16 bits per heavy atom. The van der Waals surface area contributed by atoms with Crippen molar-refractivity contribution >= 4 is 11.8 Å². The van der Waals surface area contributed by atoms with Gasteiger partial charge in [-0.3, -0.25) is 9.59 Å². The van der Waals surface area contributed by atoms with Crippen molar-refractivity contribution in [3.05, 3.63) is 83.4 Å². The van der Waals surface area contributed by atoms with Gasteiger partial charge in [0.25, 0.3) is 5.91 Å². The number of carbonyl (C=O) groups excluding carboxylic acids is 2. The molecule has 1 unspecified atom stereocenters. The molecule has 32 heavy (non-hydrogen) atoms. The maximum absolute atomic E-state index is 12.7. The van der Waals surface area contributed by atoms with Crippen LogP contribution in [-0.2, 0) is 0 Å². The molecule has 2 amide bonds. The topological polar surface area (TPSA) is 98.4 Å². The quantitative estimate of drug-likeness (QED) is 0.634. The average molecular weight is 431 g/mol. The summed E-state index contributed by atoms with van der Waals surface area (Å²) in [5, 5.41) is 0. The van der Waals surface area contributed by atoms with E-state index < -0.39 is 5.91 Å². The van der Waals surface area contributed by atoms with Gasteiger partial charge in [0.15, 0.2) is 0 Å². The number of likely N-dealkylation sites (tertiary alicyclic amines) is 1. The summed E-state index contributed by atoms with van der Waals surface area (Å²) in [5.41, 5.74) is 8.43. The van der Waals surface area contributed by atoms with Crippen LogP contribution in [0.1, 0.15) is 64.1 Å². The van der Waals surface area contributed by atoms with Crippen LogP contribution < -0.4 is 10.5 Å². The van der Waals surface area contributed by atoms with Crippen molar-refractivity contribution in [2.75, 3.05) is 13.1 Å². The van der Waals surface area contributed by atoms with Gasteiger partial charge >= 0.3 is 0 Å². The number of hydrogen-bond donors (Lipinski definition) is 1. The van der Waals surface area contributed by atoms with Crippen molar-refractivity contribution < 1.29 is 14.3 Å². The van der Waals surface area contributed by atoms with Gasteiger partial charge in [0.2, 0.25) is 5.91 Å². The highest BCUT2D eigenvalue weighted by Gasteiger charge is 2.30. The lowest BCUT2D eigenvalue weighted by molar-refractivity contribution is 0.0784. The zero-order valence-electron chi connectivity index (χ0n) is 18.2. The van der Waals surface area contributed by atoms with Gasteiger partial charge in [0.1, 0.15) is 23.5 Å². The first-order valence-corrected chi connectivity index (χ1v) is 10.7. The zero-order valence-corrected chi connectivity index (χ0v) is 18.2. The Hall–Kier alpha value is -3.74. The Labute approximate surface area is 187 Å². The second-order valence-corrected chi connectivity index (χ2v) is 8.24. The molecule has 1 saturated heterocycles. The van der Waals surface area contributed by atoms with Crippen LogP contribution in [0.3, 0.4) is 0 Å². The fraction of sp³-hybridized carbons (Fsp3) is 0.280. The number of hydrogen-bond acceptors (Lipinski definition) is 5. The van der Waals surface area contributed by atoms with E-state index in [-0.39, 0.29) is 11.8 Å². The number of primary amides is 1. The fourth-order valence-corrected chi connectivity index (χ4v) is 4.12. The van der Waals surface area contributed by atoms with Crippen LogP contribution in [0.15, 0.2) is 61.1 Å². The van der Waals surface area contributed by atoms with E-state index in [1.54, 1.807) is 23.2 Å². The maximum Gasteiger partial charge on any atom is 0.272 e. The maximum atomic E-state index is 12.7. The van der Waals surface area contributed by atoms with Crippen LogP contribution in [0.5, 0.6) is 11.5 Å². The molecule has 1 aliphatic heterocycles. The summed E-state index contributed by atoms with van der Waals surface area (Å²) in [6.07, 6.45) is 3.66. The molecule has 0 aliphatic carbocycles. The molecule has 7 nitrogen and oxygen atoms in total. The van der Waals surface area contributed by atoms with Gasteiger partial charge in [-0.2, -0.15) is 0 Å². The van der Waals surface area contributed by atoms with Crippen LogP contribution in [0.2, 0.25) is 0 Å². The van der Waals surface area contributed by atoms with Gasteiger partial charge in [-0.25, -0.2) is 9.97 Å². The van der Waals surface area contributed by atoms with Gasteiger partial charge in [-0.1, -0.05) is 38.1 Å². The molecule has 0 saturated carbocycles. The fourth-order valence-electron chi connectivity index (χ4n) is 4.12. The molecule has 0 spiro atoms. The summed E-state index contributed by atoms with van der Waals surface area (Å²) in [5.74, 6) is 0.984. The second kappa shape index (κ2) is 9.18. The van der Waals surface area contributed by atoms with E-state index in [0.717, 1.165) is 23.3 Å². The van der Waals surface area contributed by atoms with Crippen molar-refractivity contribution in [2.24, 2.45) is 5.73 Å². The van der Waals surface area contributed by atoms with Crippen molar-refractivity contribution in [2.45, 2.75) is 32.1 Å². The van der Waals surface area contributed by atoms with Gasteiger partial charge in [0.05, 0.1) is 0 Å². The Bertz CT molecular complexity index is 1130. The summed E-state index contributed by atoms with van der Waals surface area (Å²) in [6.45, 7) is 5.30. The third-order valence-electron chi connectivity index (χ3n) is 5.78. The average Bonchev–Trinajstić information content (AvgIpc) is 3.29. The minimum absolute atomic E-state index is 0.0142. The number of nitrogens with zero attached hydrogens (tertiary/aromatic N) is 3. The van der Waals surface area contributed by atoms with Crippen LogP contribution in [0, 0.1) is 0 Å². The molecule has 2 heterocycles. The van der Waals surface area contributed by atoms with Gasteiger partial charge < -0.3 is 15.4 Å². The van der Waals surface area contributed by atoms with E-state index in [2.05, 4.69) is 23.8 Å². The van der Waals surface area contributed by atoms with Crippen LogP contribution in [0.4, 0.5) is 0 Å². The molecule has 2 aromatic carbocycles. The Balaban J connectivity index is 1.56. The van der Waals surface area contributed by atoms with E-state index in [0.29, 0.717) is 36.0 Å². The summed E-state index contributed by atoms with van der Waals surface area (Å²) in [4.78, 5) is 34.6. The highest BCUT2D eigenvalue weighted by molar-refractivity contribution is 5.95. The van der Waals surface area contributed by atoms with E-state index in [1.807, 2.05) is 36.4 Å². The molecule has 1 fully saturated rings. The lowest BCUT2D eigenvalue weighted by Crippen LogP contribution is -2.29. The monoisotopic (exact) mass is 430 g/mol. The first-order valence-electron chi connectivity index (χ1n) is 10.7. The Morgan fingerprint density at radius 3 is 2.69 bits per heavy atom. The lowest BCUT2D eigenvalue weighted by Gasteiger charge is -2.18. The van der Waals surface area contributed by atoms with E-state index >= 15 is 0 Å². The van der Waals surface area contributed by atoms with Gasteiger partial charge in [-0.05, 0) is 47.7 Å². The molecule has 1 aromatic heterocycles. The van der Waals surface area contributed by atoms with E-state index in [1.165, 1.54) is 6.33 Å². The molecule has 0 bridgehead atoms. The molecule has 1 aliphatic rings. The minimum atomic E-state index is -0.511. The second-order valence-electron chi connectivity index (χ2n) is 8.24. The Kier molecular flexibility index (Phi) is 6.16. The zero-order chi connectivity index (χ0) is 22.7. The third-order valence-corrected chi connectivity index (χ3v) is 5.78. The number of rotatable bonds is 6. The van der Waals surface area contributed by atoms with Crippen LogP contribution in [0.25, 0.3) is 0 Å². The predicted molar refractivity (Wildman–Crippen MR) is 121 cm³/mol. The Morgan fingerprint density at radius 2 is 1.97 bits per heavy atom. The predicted octanol–water partition coefficient (Wildman–Crippen LogP) is 4.12. The van der Waals surface area contributed by atoms with E-state index in [4.69, 9.17) is 10.5 Å². The first-order chi connectivity index (χ1) is 15.4. The number of nitrogens with two attached hydrogens (primary N) is 1. The van der Waals surface area contributed by atoms with E-state index in [9.17, 15) is 9.59 Å². The van der Waals surface area contributed by atoms with Crippen molar-refractivity contribution in [3.63, 3.8) is 0 Å². The van der Waals surface area contributed by atoms with Gasteiger partial charge in [-0.15, -0.1) is 0 Å². The normalized spacial score (nSPS) is 15.7. The molecule has 4 rings (SSSR count). The molecule has 3 aromatic rings. The standard InChI is InChI=1S/C25H26N4O3/c1-16(2)19-5-3-4-6-23(19)32-18-7-8-20(21(13-18)24(26)30)17-10-12-29(14-17)25(31)22-9-11-27-15-28-22/h3-9,11,13,15-17H,10,12,14H2,1-2H3,(H2,26,30). The minimum Gasteiger partial charge on any atom is -0.457 e. The highest BCUT2D eigenvalue weighted by Crippen LogP contribution is 2.35. The number of aromatic nitrogens is 2. The molecular weight excluding hydrogens is 404 g/mol. The van der Waals surface area contributed by atoms with Crippen LogP contribution >= 0.6 is 0 Å². The summed E-state index contributed by atoms with van der Waals surface area (Å²) < 4.78 is 6.11. The number of para-hydroxylation sites is 1. The number of ether oxygens (including phenoxy) is 1. The molecule has 1 atom stereocenters.